The molecular formula is C16H19NO2. The molecule has 0 radical (unpaired) electrons. The Labute approximate surface area is 113 Å². The summed E-state index contributed by atoms with van der Waals surface area (Å²) in [6.45, 7) is 1.16. The van der Waals surface area contributed by atoms with Crippen LogP contribution in [0.4, 0.5) is 0 Å². The van der Waals surface area contributed by atoms with E-state index in [1.54, 1.807) is 0 Å². The van der Waals surface area contributed by atoms with Crippen LogP contribution in [0.1, 0.15) is 16.7 Å². The van der Waals surface area contributed by atoms with Crippen molar-refractivity contribution in [2.24, 2.45) is 5.73 Å². The van der Waals surface area contributed by atoms with Crippen LogP contribution in [0.15, 0.2) is 48.5 Å². The van der Waals surface area contributed by atoms with Crippen LogP contribution in [0.25, 0.3) is 0 Å². The summed E-state index contributed by atoms with van der Waals surface area (Å²) >= 11 is 0. The van der Waals surface area contributed by atoms with Gasteiger partial charge in [0.05, 0.1) is 6.61 Å². The fraction of sp³-hybridized carbons (Fsp3) is 0.250. The number of aliphatic hydroxyl groups is 1. The van der Waals surface area contributed by atoms with E-state index in [-0.39, 0.29) is 6.61 Å². The molecule has 3 heteroatoms. The molecule has 0 spiro atoms. The molecular weight excluding hydrogens is 238 g/mol. The van der Waals surface area contributed by atoms with Gasteiger partial charge in [-0.3, -0.25) is 0 Å². The molecule has 0 unspecified atom stereocenters. The summed E-state index contributed by atoms with van der Waals surface area (Å²) in [7, 11) is 0. The fourth-order valence-electron chi connectivity index (χ4n) is 1.88. The second-order valence-corrected chi connectivity index (χ2v) is 4.43. The number of benzene rings is 2. The van der Waals surface area contributed by atoms with Gasteiger partial charge < -0.3 is 15.6 Å². The summed E-state index contributed by atoms with van der Waals surface area (Å²) in [6, 6.07) is 16.1. The van der Waals surface area contributed by atoms with Crippen LogP contribution in [-0.2, 0) is 13.0 Å². The van der Waals surface area contributed by atoms with E-state index in [0.29, 0.717) is 13.2 Å². The Balaban J connectivity index is 1.98. The molecule has 0 heterocycles. The second-order valence-electron chi connectivity index (χ2n) is 4.43. The van der Waals surface area contributed by atoms with Gasteiger partial charge >= 0.3 is 0 Å². The minimum Gasteiger partial charge on any atom is -0.492 e. The highest BCUT2D eigenvalue weighted by atomic mass is 16.5. The molecule has 0 amide bonds. The first-order valence-corrected chi connectivity index (χ1v) is 6.42. The standard InChI is InChI=1S/C16H19NO2/c17-9-10-19-16-7-5-14(6-8-16)11-13-1-3-15(12-18)4-2-13/h1-8,18H,9-12,17H2. The van der Waals surface area contributed by atoms with E-state index >= 15 is 0 Å². The molecule has 0 saturated carbocycles. The van der Waals surface area contributed by atoms with Gasteiger partial charge in [0, 0.05) is 6.54 Å². The van der Waals surface area contributed by atoms with Gasteiger partial charge in [-0.05, 0) is 35.2 Å². The van der Waals surface area contributed by atoms with Crippen LogP contribution in [0.5, 0.6) is 5.75 Å². The van der Waals surface area contributed by atoms with Gasteiger partial charge in [-0.1, -0.05) is 36.4 Å². The molecule has 0 aliphatic heterocycles. The van der Waals surface area contributed by atoms with Crippen molar-refractivity contribution < 1.29 is 9.84 Å². The summed E-state index contributed by atoms with van der Waals surface area (Å²) in [5.41, 5.74) is 8.79. The fourth-order valence-corrected chi connectivity index (χ4v) is 1.88. The Morgan fingerprint density at radius 2 is 1.37 bits per heavy atom. The van der Waals surface area contributed by atoms with E-state index in [1.165, 1.54) is 11.1 Å². The maximum Gasteiger partial charge on any atom is 0.119 e. The van der Waals surface area contributed by atoms with E-state index in [4.69, 9.17) is 15.6 Å². The van der Waals surface area contributed by atoms with Crippen LogP contribution in [0.2, 0.25) is 0 Å². The molecule has 2 aromatic rings. The molecule has 0 fully saturated rings. The second kappa shape index (κ2) is 6.92. The predicted molar refractivity (Wildman–Crippen MR) is 76.2 cm³/mol. The van der Waals surface area contributed by atoms with Gasteiger partial charge in [-0.25, -0.2) is 0 Å². The van der Waals surface area contributed by atoms with Crippen LogP contribution in [0, 0.1) is 0 Å². The molecule has 2 rings (SSSR count). The highest BCUT2D eigenvalue weighted by Crippen LogP contribution is 2.15. The maximum atomic E-state index is 9.00. The van der Waals surface area contributed by atoms with E-state index in [1.807, 2.05) is 36.4 Å². The average Bonchev–Trinajstić information content (AvgIpc) is 2.47. The van der Waals surface area contributed by atoms with Gasteiger partial charge in [0.25, 0.3) is 0 Å². The first-order chi connectivity index (χ1) is 9.31. The third kappa shape index (κ3) is 4.09. The van der Waals surface area contributed by atoms with Crippen LogP contribution in [-0.4, -0.2) is 18.3 Å². The van der Waals surface area contributed by atoms with E-state index in [9.17, 15) is 0 Å². The number of hydrogen-bond acceptors (Lipinski definition) is 3. The van der Waals surface area contributed by atoms with Gasteiger partial charge in [0.15, 0.2) is 0 Å². The lowest BCUT2D eigenvalue weighted by Gasteiger charge is -2.06. The lowest BCUT2D eigenvalue weighted by molar-refractivity contribution is 0.282. The summed E-state index contributed by atoms with van der Waals surface area (Å²) < 4.78 is 5.44. The Bertz CT molecular complexity index is 491. The number of rotatable bonds is 6. The lowest BCUT2D eigenvalue weighted by atomic mass is 10.0. The number of hydrogen-bond donors (Lipinski definition) is 2. The average molecular weight is 257 g/mol. The van der Waals surface area contributed by atoms with Gasteiger partial charge in [-0.15, -0.1) is 0 Å². The topological polar surface area (TPSA) is 55.5 Å². The number of ether oxygens (including phenoxy) is 1. The predicted octanol–water partition coefficient (Wildman–Crippen LogP) is 2.11. The molecule has 0 saturated heterocycles. The summed E-state index contributed by atoms with van der Waals surface area (Å²) in [5, 5.41) is 9.00. The van der Waals surface area contributed by atoms with Crippen LogP contribution in [0.3, 0.4) is 0 Å². The molecule has 0 bridgehead atoms. The zero-order valence-corrected chi connectivity index (χ0v) is 10.9. The van der Waals surface area contributed by atoms with Crippen molar-refractivity contribution in [1.29, 1.82) is 0 Å². The zero-order chi connectivity index (χ0) is 13.5. The highest BCUT2D eigenvalue weighted by molar-refractivity contribution is 5.32. The quantitative estimate of drug-likeness (QED) is 0.833. The highest BCUT2D eigenvalue weighted by Gasteiger charge is 1.98. The normalized spacial score (nSPS) is 10.4. The number of nitrogens with two attached hydrogens (primary N) is 1. The molecule has 3 nitrogen and oxygen atoms in total. The molecule has 0 aliphatic rings. The Morgan fingerprint density at radius 3 is 1.89 bits per heavy atom. The molecule has 100 valence electrons. The molecule has 0 aliphatic carbocycles. The summed E-state index contributed by atoms with van der Waals surface area (Å²) in [4.78, 5) is 0. The Hall–Kier alpha value is -1.84. The largest absolute Gasteiger partial charge is 0.492 e. The van der Waals surface area contributed by atoms with Crippen LogP contribution < -0.4 is 10.5 Å². The van der Waals surface area contributed by atoms with Crippen molar-refractivity contribution >= 4 is 0 Å². The third-order valence-electron chi connectivity index (χ3n) is 2.92. The number of aliphatic hydroxyl groups excluding tert-OH is 1. The molecule has 0 atom stereocenters. The Morgan fingerprint density at radius 1 is 0.842 bits per heavy atom. The van der Waals surface area contributed by atoms with Gasteiger partial charge in [0.1, 0.15) is 12.4 Å². The molecule has 3 N–H and O–H groups in total. The van der Waals surface area contributed by atoms with Crippen molar-refractivity contribution in [2.45, 2.75) is 13.0 Å². The minimum absolute atomic E-state index is 0.0907. The Kier molecular flexibility index (Phi) is 4.95. The van der Waals surface area contributed by atoms with Crippen molar-refractivity contribution in [3.63, 3.8) is 0 Å². The van der Waals surface area contributed by atoms with Crippen molar-refractivity contribution in [3.8, 4) is 5.75 Å². The minimum atomic E-state index is 0.0907. The van der Waals surface area contributed by atoms with Gasteiger partial charge in [0.2, 0.25) is 0 Å². The van der Waals surface area contributed by atoms with Crippen molar-refractivity contribution in [2.75, 3.05) is 13.2 Å². The molecule has 0 aromatic heterocycles. The summed E-state index contributed by atoms with van der Waals surface area (Å²) in [6.07, 6.45) is 0.878. The van der Waals surface area contributed by atoms with Crippen LogP contribution >= 0.6 is 0 Å². The smallest absolute Gasteiger partial charge is 0.119 e. The first-order valence-electron chi connectivity index (χ1n) is 6.42. The van der Waals surface area contributed by atoms with E-state index < -0.39 is 0 Å². The SMILES string of the molecule is NCCOc1ccc(Cc2ccc(CO)cc2)cc1. The monoisotopic (exact) mass is 257 g/mol. The first kappa shape index (κ1) is 13.6. The zero-order valence-electron chi connectivity index (χ0n) is 10.9. The third-order valence-corrected chi connectivity index (χ3v) is 2.92. The molecule has 19 heavy (non-hydrogen) atoms. The van der Waals surface area contributed by atoms with Crippen molar-refractivity contribution in [1.82, 2.24) is 0 Å². The van der Waals surface area contributed by atoms with Crippen molar-refractivity contribution in [3.05, 3.63) is 65.2 Å². The lowest BCUT2D eigenvalue weighted by Crippen LogP contribution is -2.10. The maximum absolute atomic E-state index is 9.00. The van der Waals surface area contributed by atoms with Gasteiger partial charge in [-0.2, -0.15) is 0 Å². The molecule has 2 aromatic carbocycles. The summed E-state index contributed by atoms with van der Waals surface area (Å²) in [5.74, 6) is 0.852. The van der Waals surface area contributed by atoms with E-state index in [0.717, 1.165) is 17.7 Å². The van der Waals surface area contributed by atoms with E-state index in [2.05, 4.69) is 12.1 Å².